The van der Waals surface area contributed by atoms with Gasteiger partial charge >= 0.3 is 6.18 Å². The van der Waals surface area contributed by atoms with Gasteiger partial charge in [-0.15, -0.1) is 0 Å². The van der Waals surface area contributed by atoms with Crippen LogP contribution in [-0.2, 0) is 79.4 Å². The van der Waals surface area contributed by atoms with Crippen molar-refractivity contribution in [2.24, 2.45) is 0 Å². The van der Waals surface area contributed by atoms with Crippen molar-refractivity contribution in [3.63, 3.8) is 0 Å². The van der Waals surface area contributed by atoms with Gasteiger partial charge in [-0.2, -0.15) is 33.6 Å². The zero-order valence-corrected chi connectivity index (χ0v) is 72.6. The minimum atomic E-state index is -4.71. The van der Waals surface area contributed by atoms with Crippen molar-refractivity contribution in [3.05, 3.63) is 336 Å². The number of aromatic nitrogens is 12. The van der Waals surface area contributed by atoms with E-state index in [0.717, 1.165) is 99.6 Å². The molecule has 0 spiro atoms. The largest absolute Gasteiger partial charge is 0.435 e. The Bertz CT molecular complexity index is 6730. The fraction of sp³-hybridized carbons (Fsp3) is 0.234. The smallest absolute Gasteiger partial charge is 0.264 e. The number of benzene rings is 8. The molecule has 0 N–H and O–H groups in total. The van der Waals surface area contributed by atoms with Crippen molar-refractivity contribution >= 4 is 82.6 Å². The van der Waals surface area contributed by atoms with Gasteiger partial charge in [-0.3, -0.25) is 19.9 Å². The molecular formula is C94H93F3N12O8S4. The molecule has 20 nitrogen and oxygen atoms in total. The van der Waals surface area contributed by atoms with Gasteiger partial charge in [-0.25, -0.2) is 52.4 Å². The lowest BCUT2D eigenvalue weighted by Crippen LogP contribution is -2.13. The average molecular weight is 1700 g/mol. The van der Waals surface area contributed by atoms with E-state index in [0.29, 0.717) is 54.1 Å². The highest BCUT2D eigenvalue weighted by atomic mass is 32.2. The van der Waals surface area contributed by atoms with Crippen molar-refractivity contribution in [1.82, 2.24) is 59.1 Å². The molecule has 121 heavy (non-hydrogen) atoms. The average Bonchev–Trinajstić information content (AvgIpc) is 1.57. The van der Waals surface area contributed by atoms with Crippen LogP contribution in [0.15, 0.2) is 287 Å². The van der Waals surface area contributed by atoms with E-state index in [1.807, 2.05) is 168 Å². The summed E-state index contributed by atoms with van der Waals surface area (Å²) in [5.41, 5.74) is 10.8. The van der Waals surface area contributed by atoms with Crippen molar-refractivity contribution < 1.29 is 46.8 Å². The van der Waals surface area contributed by atoms with Gasteiger partial charge in [0.2, 0.25) is 0 Å². The maximum Gasteiger partial charge on any atom is 0.435 e. The van der Waals surface area contributed by atoms with E-state index in [1.165, 1.54) is 18.3 Å². The molecule has 8 aromatic heterocycles. The van der Waals surface area contributed by atoms with E-state index in [-0.39, 0.29) is 44.6 Å². The van der Waals surface area contributed by atoms with Crippen LogP contribution in [0.1, 0.15) is 149 Å². The quantitative estimate of drug-likeness (QED) is 0.0773. The first-order valence-electron chi connectivity index (χ1n) is 39.2. The maximum absolute atomic E-state index is 13.5. The molecule has 16 rings (SSSR count). The first kappa shape index (κ1) is 86.7. The van der Waals surface area contributed by atoms with Crippen LogP contribution in [-0.4, -0.2) is 92.7 Å². The standard InChI is InChI=1S/2C24H25N3O2S.C23H20F3N3O2S.C23H23N3O2S/c1-17-13-20(16-30(28,29)21-11-9-19(10-12-21)24(2,3)4)27(26-17)23-15-25-14-18-7-5-6-8-22(18)23;1-17-15-19(16-30(28,29)20-11-9-18(10-12-20)24(2,3)4)27(26-17)23-13-14-25-22-8-6-5-7-21(22)23;1-15(2)16-6-8-19(9-7-16)32(30,31)14-18-12-22(23(24,25)26)28-29(18)21-5-3-4-17-13-27-11-10-20(17)21;1-16(2)18-7-9-21(10-8-18)29(27,28)15-20-13-17(3)25-26(20)23-6-4-5-19-14-24-12-11-22(19)23/h2*5-15H,16H2,1-4H3;3-13,15H,14H2,1-2H3;4-14,16H,15H2,1-3H3. The van der Waals surface area contributed by atoms with E-state index in [1.54, 1.807) is 124 Å². The summed E-state index contributed by atoms with van der Waals surface area (Å²) in [7, 11) is -14.5. The molecule has 0 aliphatic rings. The van der Waals surface area contributed by atoms with Crippen LogP contribution in [0.5, 0.6) is 0 Å². The summed E-state index contributed by atoms with van der Waals surface area (Å²) in [6, 6.07) is 66.2. The van der Waals surface area contributed by atoms with Crippen LogP contribution in [0.3, 0.4) is 0 Å². The summed E-state index contributed by atoms with van der Waals surface area (Å²) < 4.78 is 152. The van der Waals surface area contributed by atoms with Crippen molar-refractivity contribution in [2.75, 3.05) is 0 Å². The summed E-state index contributed by atoms with van der Waals surface area (Å²) in [6.07, 6.45) is 7.15. The number of hydrogen-bond donors (Lipinski definition) is 0. The summed E-state index contributed by atoms with van der Waals surface area (Å²) >= 11 is 0. The van der Waals surface area contributed by atoms with Crippen molar-refractivity contribution in [3.8, 4) is 22.7 Å². The predicted molar refractivity (Wildman–Crippen MR) is 470 cm³/mol. The number of alkyl halides is 3. The third-order valence-electron chi connectivity index (χ3n) is 20.6. The number of pyridine rings is 4. The summed E-state index contributed by atoms with van der Waals surface area (Å²) in [5, 5.41) is 23.6. The van der Waals surface area contributed by atoms with Crippen LogP contribution in [0.2, 0.25) is 0 Å². The minimum absolute atomic E-state index is 0.0274. The van der Waals surface area contributed by atoms with Gasteiger partial charge in [0, 0.05) is 74.9 Å². The number of hydrogen-bond acceptors (Lipinski definition) is 16. The monoisotopic (exact) mass is 1700 g/mol. The second-order valence-corrected chi connectivity index (χ2v) is 40.5. The molecule has 0 amide bonds. The topological polar surface area (TPSA) is 259 Å². The highest BCUT2D eigenvalue weighted by Gasteiger charge is 2.37. The number of aryl methyl sites for hydroxylation is 3. The Morgan fingerprint density at radius 2 is 0.661 bits per heavy atom. The van der Waals surface area contributed by atoms with E-state index in [2.05, 4.69) is 95.7 Å². The Morgan fingerprint density at radius 1 is 0.331 bits per heavy atom. The molecule has 0 aliphatic heterocycles. The molecule has 0 atom stereocenters. The number of fused-ring (bicyclic) bond motifs is 4. The second kappa shape index (κ2) is 34.9. The lowest BCUT2D eigenvalue weighted by molar-refractivity contribution is -0.141. The van der Waals surface area contributed by atoms with E-state index >= 15 is 0 Å². The third kappa shape index (κ3) is 20.0. The number of halogens is 3. The van der Waals surface area contributed by atoms with Gasteiger partial charge in [0.05, 0.1) is 117 Å². The zero-order valence-electron chi connectivity index (χ0n) is 69.3. The van der Waals surface area contributed by atoms with E-state index < -0.39 is 57.0 Å². The third-order valence-corrected chi connectivity index (χ3v) is 27.3. The highest BCUT2D eigenvalue weighted by molar-refractivity contribution is 7.91. The summed E-state index contributed by atoms with van der Waals surface area (Å²) in [6.45, 7) is 26.4. The first-order valence-corrected chi connectivity index (χ1v) is 45.8. The molecule has 0 fully saturated rings. The number of para-hydroxylation sites is 1. The SMILES string of the molecule is CC(C)c1ccc(S(=O)(=O)Cc2cc(C(F)(F)F)nn2-c2cccc3cnccc23)cc1.Cc1cc(CS(=O)(=O)c2ccc(C(C)(C)C)cc2)n(-c2ccnc3ccccc23)n1.Cc1cc(CS(=O)(=O)c2ccc(C(C)(C)C)cc2)n(-c2cncc3ccccc23)n1.Cc1cc(CS(=O)(=O)c2ccc(C(C)C)cc2)n(-c2cccc3cnccc23)n1. The van der Waals surface area contributed by atoms with E-state index in [9.17, 15) is 46.8 Å². The molecule has 0 saturated carbocycles. The normalized spacial score (nSPS) is 12.3. The molecule has 8 heterocycles. The fourth-order valence-corrected chi connectivity index (χ4v) is 19.4. The molecular weight excluding hydrogens is 1610 g/mol. The molecule has 622 valence electrons. The summed E-state index contributed by atoms with van der Waals surface area (Å²) in [5.74, 6) is -0.416. The van der Waals surface area contributed by atoms with Crippen LogP contribution < -0.4 is 0 Å². The van der Waals surface area contributed by atoms with Gasteiger partial charge in [0.15, 0.2) is 45.0 Å². The van der Waals surface area contributed by atoms with Gasteiger partial charge in [-0.05, 0) is 175 Å². The Kier molecular flexibility index (Phi) is 25.0. The Morgan fingerprint density at radius 3 is 1.06 bits per heavy atom. The first-order chi connectivity index (χ1) is 57.2. The number of rotatable bonds is 18. The van der Waals surface area contributed by atoms with Crippen LogP contribution in [0, 0.1) is 20.8 Å². The van der Waals surface area contributed by atoms with Crippen LogP contribution in [0.4, 0.5) is 13.2 Å². The summed E-state index contributed by atoms with van der Waals surface area (Å²) in [4.78, 5) is 17.9. The van der Waals surface area contributed by atoms with Crippen molar-refractivity contribution in [1.29, 1.82) is 0 Å². The van der Waals surface area contributed by atoms with Crippen LogP contribution in [0.25, 0.3) is 66.0 Å². The zero-order chi connectivity index (χ0) is 86.7. The van der Waals surface area contributed by atoms with Gasteiger partial charge in [-0.1, -0.05) is 184 Å². The molecule has 0 saturated heterocycles. The van der Waals surface area contributed by atoms with Gasteiger partial charge < -0.3 is 0 Å². The van der Waals surface area contributed by atoms with Crippen LogP contribution >= 0.6 is 0 Å². The fourth-order valence-electron chi connectivity index (χ4n) is 14.1. The lowest BCUT2D eigenvalue weighted by atomic mass is 9.87. The minimum Gasteiger partial charge on any atom is -0.264 e. The van der Waals surface area contributed by atoms with Gasteiger partial charge in [0.25, 0.3) is 0 Å². The molecule has 0 aliphatic carbocycles. The molecule has 27 heteroatoms. The molecule has 0 bridgehead atoms. The number of sulfone groups is 4. The Balaban J connectivity index is 0.000000139. The second-order valence-electron chi connectivity index (χ2n) is 32.5. The molecule has 0 unspecified atom stereocenters. The highest BCUT2D eigenvalue weighted by Crippen LogP contribution is 2.36. The Hall–Kier alpha value is -12.2. The maximum atomic E-state index is 13.5. The van der Waals surface area contributed by atoms with Crippen molar-refractivity contribution in [2.45, 2.75) is 161 Å². The molecule has 16 aromatic rings. The molecule has 8 aromatic carbocycles. The predicted octanol–water partition coefficient (Wildman–Crippen LogP) is 20.4. The molecule has 0 radical (unpaired) electrons. The Labute approximate surface area is 703 Å². The van der Waals surface area contributed by atoms with Gasteiger partial charge in [0.1, 0.15) is 0 Å². The number of nitrogens with zero attached hydrogens (tertiary/aromatic N) is 12. The lowest BCUT2D eigenvalue weighted by Gasteiger charge is -2.19. The van der Waals surface area contributed by atoms with E-state index in [4.69, 9.17) is 0 Å².